The number of rotatable bonds is 1. The van der Waals surface area contributed by atoms with Gasteiger partial charge in [-0.2, -0.15) is 0 Å². The van der Waals surface area contributed by atoms with E-state index in [-0.39, 0.29) is 0 Å². The molecule has 1 aromatic carbocycles. The van der Waals surface area contributed by atoms with E-state index >= 15 is 0 Å². The Labute approximate surface area is 84.5 Å². The molecule has 5 N–H and O–H groups in total. The maximum atomic E-state index is 5.94. The van der Waals surface area contributed by atoms with Crippen molar-refractivity contribution in [1.82, 2.24) is 5.32 Å². The van der Waals surface area contributed by atoms with Gasteiger partial charge in [-0.1, -0.05) is 0 Å². The average Bonchev–Trinajstić information content (AvgIpc) is 2.23. The van der Waals surface area contributed by atoms with Crippen LogP contribution in [0.25, 0.3) is 0 Å². The first-order valence-electron chi connectivity index (χ1n) is 5.13. The van der Waals surface area contributed by atoms with Crippen molar-refractivity contribution in [2.45, 2.75) is 18.8 Å². The van der Waals surface area contributed by atoms with Crippen LogP contribution in [-0.2, 0) is 0 Å². The Morgan fingerprint density at radius 1 is 1.29 bits per heavy atom. The fourth-order valence-electron chi connectivity index (χ4n) is 2.06. The standard InChI is InChI=1S/C11H17N3/c12-9-3-4-11(13)10(6-9)8-2-1-5-14-7-8/h3-4,6,8,14H,1-2,5,7,12-13H2/t8-/m0/s1. The molecule has 1 aliphatic heterocycles. The van der Waals surface area contributed by atoms with Gasteiger partial charge < -0.3 is 16.8 Å². The van der Waals surface area contributed by atoms with E-state index in [2.05, 4.69) is 5.32 Å². The van der Waals surface area contributed by atoms with Crippen molar-refractivity contribution in [1.29, 1.82) is 0 Å². The smallest absolute Gasteiger partial charge is 0.0351 e. The first-order valence-corrected chi connectivity index (χ1v) is 5.13. The molecule has 0 bridgehead atoms. The van der Waals surface area contributed by atoms with Crippen LogP contribution in [0.2, 0.25) is 0 Å². The third-order valence-corrected chi connectivity index (χ3v) is 2.85. The van der Waals surface area contributed by atoms with Gasteiger partial charge in [-0.15, -0.1) is 0 Å². The molecule has 1 atom stereocenters. The summed E-state index contributed by atoms with van der Waals surface area (Å²) in [5.41, 5.74) is 14.6. The Kier molecular flexibility index (Phi) is 2.59. The first-order chi connectivity index (χ1) is 6.77. The second-order valence-electron chi connectivity index (χ2n) is 3.93. The Morgan fingerprint density at radius 2 is 2.14 bits per heavy atom. The molecule has 1 aromatic rings. The third kappa shape index (κ3) is 1.82. The number of benzene rings is 1. The van der Waals surface area contributed by atoms with Gasteiger partial charge in [0.25, 0.3) is 0 Å². The van der Waals surface area contributed by atoms with Gasteiger partial charge in [0, 0.05) is 17.9 Å². The average molecular weight is 191 g/mol. The topological polar surface area (TPSA) is 64.1 Å². The summed E-state index contributed by atoms with van der Waals surface area (Å²) in [6.45, 7) is 2.15. The van der Waals surface area contributed by atoms with Gasteiger partial charge in [-0.3, -0.25) is 0 Å². The molecule has 0 unspecified atom stereocenters. The van der Waals surface area contributed by atoms with Crippen molar-refractivity contribution < 1.29 is 0 Å². The van der Waals surface area contributed by atoms with Gasteiger partial charge >= 0.3 is 0 Å². The van der Waals surface area contributed by atoms with Crippen LogP contribution in [-0.4, -0.2) is 13.1 Å². The summed E-state index contributed by atoms with van der Waals surface area (Å²) >= 11 is 0. The highest BCUT2D eigenvalue weighted by atomic mass is 14.9. The molecule has 1 fully saturated rings. The van der Waals surface area contributed by atoms with Crippen molar-refractivity contribution in [2.75, 3.05) is 24.6 Å². The number of nitrogen functional groups attached to an aromatic ring is 2. The van der Waals surface area contributed by atoms with E-state index in [9.17, 15) is 0 Å². The summed E-state index contributed by atoms with van der Waals surface area (Å²) in [6.07, 6.45) is 2.43. The number of nitrogens with one attached hydrogen (secondary N) is 1. The molecule has 0 spiro atoms. The summed E-state index contributed by atoms with van der Waals surface area (Å²) in [5, 5.41) is 3.38. The van der Waals surface area contributed by atoms with Crippen molar-refractivity contribution in [3.8, 4) is 0 Å². The van der Waals surface area contributed by atoms with Crippen molar-refractivity contribution in [2.24, 2.45) is 0 Å². The van der Waals surface area contributed by atoms with Crippen LogP contribution in [0, 0.1) is 0 Å². The van der Waals surface area contributed by atoms with Gasteiger partial charge in [0.1, 0.15) is 0 Å². The number of hydrogen-bond donors (Lipinski definition) is 3. The highest BCUT2D eigenvalue weighted by Crippen LogP contribution is 2.29. The molecule has 76 valence electrons. The van der Waals surface area contributed by atoms with Gasteiger partial charge in [0.05, 0.1) is 0 Å². The minimum Gasteiger partial charge on any atom is -0.399 e. The number of anilines is 2. The molecule has 0 aliphatic carbocycles. The van der Waals surface area contributed by atoms with E-state index in [1.165, 1.54) is 18.4 Å². The Bertz CT molecular complexity index is 316. The molecule has 14 heavy (non-hydrogen) atoms. The van der Waals surface area contributed by atoms with Crippen molar-refractivity contribution >= 4 is 11.4 Å². The van der Waals surface area contributed by atoms with Gasteiger partial charge in [-0.05, 0) is 49.1 Å². The summed E-state index contributed by atoms with van der Waals surface area (Å²) in [4.78, 5) is 0. The molecule has 0 amide bonds. The summed E-state index contributed by atoms with van der Waals surface area (Å²) in [7, 11) is 0. The molecule has 1 aliphatic rings. The fourth-order valence-corrected chi connectivity index (χ4v) is 2.06. The normalized spacial score (nSPS) is 22.1. The van der Waals surface area contributed by atoms with E-state index in [0.717, 1.165) is 24.5 Å². The van der Waals surface area contributed by atoms with E-state index < -0.39 is 0 Å². The van der Waals surface area contributed by atoms with E-state index in [4.69, 9.17) is 11.5 Å². The van der Waals surface area contributed by atoms with Gasteiger partial charge in [-0.25, -0.2) is 0 Å². The molecular weight excluding hydrogens is 174 g/mol. The van der Waals surface area contributed by atoms with Crippen molar-refractivity contribution in [3.63, 3.8) is 0 Å². The van der Waals surface area contributed by atoms with Gasteiger partial charge in [0.2, 0.25) is 0 Å². The molecular formula is C11H17N3. The molecule has 0 radical (unpaired) electrons. The second-order valence-corrected chi connectivity index (χ2v) is 3.93. The molecule has 0 saturated carbocycles. The molecule has 1 saturated heterocycles. The lowest BCUT2D eigenvalue weighted by molar-refractivity contribution is 0.462. The van der Waals surface area contributed by atoms with E-state index in [0.29, 0.717) is 5.92 Å². The largest absolute Gasteiger partial charge is 0.399 e. The first kappa shape index (κ1) is 9.34. The van der Waals surface area contributed by atoms with E-state index in [1.807, 2.05) is 18.2 Å². The van der Waals surface area contributed by atoms with E-state index in [1.54, 1.807) is 0 Å². The lowest BCUT2D eigenvalue weighted by atomic mass is 9.90. The summed E-state index contributed by atoms with van der Waals surface area (Å²) in [6, 6.07) is 5.77. The molecule has 0 aromatic heterocycles. The predicted molar refractivity (Wildman–Crippen MR) is 60.1 cm³/mol. The van der Waals surface area contributed by atoms with Crippen LogP contribution in [0.1, 0.15) is 24.3 Å². The van der Waals surface area contributed by atoms with Crippen LogP contribution < -0.4 is 16.8 Å². The SMILES string of the molecule is Nc1ccc(N)c([C@H]2CCCNC2)c1. The highest BCUT2D eigenvalue weighted by molar-refractivity contribution is 5.56. The lowest BCUT2D eigenvalue weighted by Crippen LogP contribution is -2.28. The number of nitrogens with two attached hydrogens (primary N) is 2. The number of piperidine rings is 1. The minimum atomic E-state index is 0.534. The van der Waals surface area contributed by atoms with Crippen LogP contribution >= 0.6 is 0 Å². The van der Waals surface area contributed by atoms with Crippen LogP contribution in [0.3, 0.4) is 0 Å². The molecule has 1 heterocycles. The molecule has 2 rings (SSSR count). The zero-order chi connectivity index (χ0) is 9.97. The zero-order valence-electron chi connectivity index (χ0n) is 8.29. The third-order valence-electron chi connectivity index (χ3n) is 2.85. The highest BCUT2D eigenvalue weighted by Gasteiger charge is 2.17. The van der Waals surface area contributed by atoms with Crippen LogP contribution in [0.15, 0.2) is 18.2 Å². The minimum absolute atomic E-state index is 0.534. The maximum absolute atomic E-state index is 5.94. The van der Waals surface area contributed by atoms with Gasteiger partial charge in [0.15, 0.2) is 0 Å². The lowest BCUT2D eigenvalue weighted by Gasteiger charge is -2.24. The fraction of sp³-hybridized carbons (Fsp3) is 0.455. The Hall–Kier alpha value is -1.22. The number of hydrogen-bond acceptors (Lipinski definition) is 3. The summed E-state index contributed by atoms with van der Waals surface area (Å²) in [5.74, 6) is 0.534. The zero-order valence-corrected chi connectivity index (χ0v) is 8.29. The van der Waals surface area contributed by atoms with Crippen molar-refractivity contribution in [3.05, 3.63) is 23.8 Å². The Morgan fingerprint density at radius 3 is 2.86 bits per heavy atom. The quantitative estimate of drug-likeness (QED) is 0.586. The van der Waals surface area contributed by atoms with Crippen LogP contribution in [0.4, 0.5) is 11.4 Å². The van der Waals surface area contributed by atoms with Crippen LogP contribution in [0.5, 0.6) is 0 Å². The molecule has 3 heteroatoms. The summed E-state index contributed by atoms with van der Waals surface area (Å²) < 4.78 is 0. The Balaban J connectivity index is 2.24. The monoisotopic (exact) mass is 191 g/mol. The predicted octanol–water partition coefficient (Wildman–Crippen LogP) is 1.32. The molecule has 3 nitrogen and oxygen atoms in total. The second kappa shape index (κ2) is 3.88. The maximum Gasteiger partial charge on any atom is 0.0351 e.